The first-order valence-electron chi connectivity index (χ1n) is 7.58. The van der Waals surface area contributed by atoms with E-state index in [4.69, 9.17) is 0 Å². The summed E-state index contributed by atoms with van der Waals surface area (Å²) in [6.45, 7) is 5.71. The molecule has 1 fully saturated rings. The number of nitrogens with one attached hydrogen (secondary N) is 1. The van der Waals surface area contributed by atoms with Gasteiger partial charge in [0.05, 0.1) is 0 Å². The van der Waals surface area contributed by atoms with E-state index in [9.17, 15) is 0 Å². The van der Waals surface area contributed by atoms with E-state index in [-0.39, 0.29) is 5.41 Å². The summed E-state index contributed by atoms with van der Waals surface area (Å²) < 4.78 is 1.26. The van der Waals surface area contributed by atoms with E-state index in [0.717, 1.165) is 6.54 Å². The Bertz CT molecular complexity index is 585. The first-order chi connectivity index (χ1) is 10.1. The van der Waals surface area contributed by atoms with Crippen LogP contribution in [-0.2, 0) is 5.41 Å². The molecule has 3 heteroatoms. The van der Waals surface area contributed by atoms with Gasteiger partial charge in [0, 0.05) is 27.4 Å². The van der Waals surface area contributed by atoms with E-state index in [1.807, 2.05) is 11.3 Å². The van der Waals surface area contributed by atoms with E-state index >= 15 is 0 Å². The van der Waals surface area contributed by atoms with Gasteiger partial charge in [-0.2, -0.15) is 0 Å². The lowest BCUT2D eigenvalue weighted by molar-refractivity contribution is 0.273. The highest BCUT2D eigenvalue weighted by Crippen LogP contribution is 2.40. The Labute approximate surface area is 139 Å². The third kappa shape index (κ3) is 3.41. The summed E-state index contributed by atoms with van der Waals surface area (Å²) >= 11 is 5.53. The van der Waals surface area contributed by atoms with E-state index in [1.54, 1.807) is 0 Å². The highest BCUT2D eigenvalue weighted by molar-refractivity contribution is 9.10. The molecule has 1 heterocycles. The van der Waals surface area contributed by atoms with Crippen LogP contribution in [0.15, 0.2) is 46.3 Å². The molecule has 0 unspecified atom stereocenters. The molecule has 21 heavy (non-hydrogen) atoms. The lowest BCUT2D eigenvalue weighted by Gasteiger charge is -2.39. The Balaban J connectivity index is 1.51. The molecule has 3 rings (SSSR count). The summed E-state index contributed by atoms with van der Waals surface area (Å²) in [5.41, 5.74) is 1.69. The molecule has 0 radical (unpaired) electrons. The molecule has 1 aliphatic rings. The van der Waals surface area contributed by atoms with Crippen LogP contribution in [0.2, 0.25) is 0 Å². The first kappa shape index (κ1) is 15.3. The van der Waals surface area contributed by atoms with Crippen molar-refractivity contribution >= 4 is 27.3 Å². The van der Waals surface area contributed by atoms with Gasteiger partial charge in [0.25, 0.3) is 0 Å². The number of hydrogen-bond donors (Lipinski definition) is 1. The van der Waals surface area contributed by atoms with Crippen LogP contribution in [0.5, 0.6) is 0 Å². The minimum Gasteiger partial charge on any atom is -0.313 e. The van der Waals surface area contributed by atoms with Gasteiger partial charge in [-0.1, -0.05) is 54.0 Å². The zero-order chi connectivity index (χ0) is 14.9. The largest absolute Gasteiger partial charge is 0.313 e. The van der Waals surface area contributed by atoms with Gasteiger partial charge in [0.15, 0.2) is 0 Å². The average molecular weight is 364 g/mol. The van der Waals surface area contributed by atoms with Gasteiger partial charge >= 0.3 is 0 Å². The van der Waals surface area contributed by atoms with Gasteiger partial charge in [-0.05, 0) is 41.8 Å². The number of halogens is 1. The quantitative estimate of drug-likeness (QED) is 0.757. The van der Waals surface area contributed by atoms with Crippen molar-refractivity contribution in [2.75, 3.05) is 6.54 Å². The predicted molar refractivity (Wildman–Crippen MR) is 95.3 cm³/mol. The molecule has 1 N–H and O–H groups in total. The predicted octanol–water partition coefficient (Wildman–Crippen LogP) is 5.32. The van der Waals surface area contributed by atoms with Crippen LogP contribution in [0.3, 0.4) is 0 Å². The van der Waals surface area contributed by atoms with Crippen LogP contribution < -0.4 is 5.32 Å². The summed E-state index contributed by atoms with van der Waals surface area (Å²) in [5.74, 6) is 0.711. The molecule has 0 atom stereocenters. The van der Waals surface area contributed by atoms with Crippen molar-refractivity contribution in [1.82, 2.24) is 5.32 Å². The maximum Gasteiger partial charge on any atom is 0.0210 e. The normalized spacial score (nSPS) is 22.0. The summed E-state index contributed by atoms with van der Waals surface area (Å²) in [4.78, 5) is 1.47. The van der Waals surface area contributed by atoms with Gasteiger partial charge in [0.1, 0.15) is 0 Å². The standard InChI is InChI=1S/C18H22BrNS/c1-18(2,17-8-5-9-21-17)12-20-14-10-13(11-14)15-6-3-4-7-16(15)19/h3-9,13-14,20H,10-12H2,1-2H3. The van der Waals surface area contributed by atoms with Gasteiger partial charge < -0.3 is 5.32 Å². The Kier molecular flexibility index (Phi) is 4.53. The molecule has 0 spiro atoms. The van der Waals surface area contributed by atoms with Crippen LogP contribution in [0.1, 0.15) is 43.0 Å². The lowest BCUT2D eigenvalue weighted by atomic mass is 9.75. The fraction of sp³-hybridized carbons (Fsp3) is 0.444. The van der Waals surface area contributed by atoms with Crippen molar-refractivity contribution in [3.05, 3.63) is 56.7 Å². The summed E-state index contributed by atoms with van der Waals surface area (Å²) in [6, 6.07) is 13.7. The van der Waals surface area contributed by atoms with Gasteiger partial charge in [-0.3, -0.25) is 0 Å². The van der Waals surface area contributed by atoms with Crippen LogP contribution in [0.25, 0.3) is 0 Å². The monoisotopic (exact) mass is 363 g/mol. The highest BCUT2D eigenvalue weighted by Gasteiger charge is 2.32. The fourth-order valence-electron chi connectivity index (χ4n) is 2.99. The van der Waals surface area contributed by atoms with E-state index in [1.165, 1.54) is 27.8 Å². The lowest BCUT2D eigenvalue weighted by Crippen LogP contribution is -2.45. The van der Waals surface area contributed by atoms with Crippen LogP contribution in [0.4, 0.5) is 0 Å². The molecule has 2 aromatic rings. The summed E-state index contributed by atoms with van der Waals surface area (Å²) in [5, 5.41) is 5.93. The third-order valence-electron chi connectivity index (χ3n) is 4.50. The number of thiophene rings is 1. The second-order valence-corrected chi connectivity index (χ2v) is 8.43. The van der Waals surface area contributed by atoms with Crippen molar-refractivity contribution < 1.29 is 0 Å². The fourth-order valence-corrected chi connectivity index (χ4v) is 4.46. The van der Waals surface area contributed by atoms with Gasteiger partial charge in [0.2, 0.25) is 0 Å². The van der Waals surface area contributed by atoms with Crippen molar-refractivity contribution in [3.8, 4) is 0 Å². The molecule has 0 aliphatic heterocycles. The van der Waals surface area contributed by atoms with Crippen molar-refractivity contribution in [2.24, 2.45) is 0 Å². The topological polar surface area (TPSA) is 12.0 Å². The zero-order valence-corrected chi connectivity index (χ0v) is 15.0. The van der Waals surface area contributed by atoms with Crippen molar-refractivity contribution in [2.45, 2.75) is 44.1 Å². The minimum absolute atomic E-state index is 0.229. The highest BCUT2D eigenvalue weighted by atomic mass is 79.9. The molecule has 1 saturated carbocycles. The van der Waals surface area contributed by atoms with E-state index in [2.05, 4.69) is 76.9 Å². The second-order valence-electron chi connectivity index (χ2n) is 6.63. The maximum atomic E-state index is 3.76. The van der Waals surface area contributed by atoms with Crippen LogP contribution >= 0.6 is 27.3 Å². The molecule has 1 aromatic heterocycles. The Hall–Kier alpha value is -0.640. The van der Waals surface area contributed by atoms with Crippen LogP contribution in [0, 0.1) is 0 Å². The van der Waals surface area contributed by atoms with Gasteiger partial charge in [-0.25, -0.2) is 0 Å². The van der Waals surface area contributed by atoms with E-state index in [0.29, 0.717) is 12.0 Å². The molecule has 0 amide bonds. The Morgan fingerprint density at radius 3 is 2.62 bits per heavy atom. The van der Waals surface area contributed by atoms with E-state index < -0.39 is 0 Å². The SMILES string of the molecule is CC(C)(CNC1CC(c2ccccc2Br)C1)c1cccs1. The molecule has 1 nitrogen and oxygen atoms in total. The first-order valence-corrected chi connectivity index (χ1v) is 9.25. The molecule has 1 aliphatic carbocycles. The molecular weight excluding hydrogens is 342 g/mol. The second kappa shape index (κ2) is 6.23. The average Bonchev–Trinajstić information content (AvgIpc) is 2.93. The molecule has 0 saturated heterocycles. The minimum atomic E-state index is 0.229. The van der Waals surface area contributed by atoms with Gasteiger partial charge in [-0.15, -0.1) is 11.3 Å². The van der Waals surface area contributed by atoms with Crippen molar-refractivity contribution in [1.29, 1.82) is 0 Å². The van der Waals surface area contributed by atoms with Crippen molar-refractivity contribution in [3.63, 3.8) is 0 Å². The number of rotatable bonds is 5. The van der Waals surface area contributed by atoms with Crippen LogP contribution in [-0.4, -0.2) is 12.6 Å². The zero-order valence-electron chi connectivity index (χ0n) is 12.6. The molecule has 112 valence electrons. The number of benzene rings is 1. The smallest absolute Gasteiger partial charge is 0.0210 e. The molecular formula is C18H22BrNS. The summed E-state index contributed by atoms with van der Waals surface area (Å²) in [6.07, 6.45) is 2.51. The third-order valence-corrected chi connectivity index (χ3v) is 6.46. The Morgan fingerprint density at radius 1 is 1.19 bits per heavy atom. The number of hydrogen-bond acceptors (Lipinski definition) is 2. The Morgan fingerprint density at radius 2 is 1.95 bits per heavy atom. The molecule has 1 aromatic carbocycles. The molecule has 0 bridgehead atoms. The summed E-state index contributed by atoms with van der Waals surface area (Å²) in [7, 11) is 0. The maximum absolute atomic E-state index is 3.76.